The third-order valence-electron chi connectivity index (χ3n) is 5.86. The summed E-state index contributed by atoms with van der Waals surface area (Å²) in [5.41, 5.74) is 2.20. The van der Waals surface area contributed by atoms with Crippen molar-refractivity contribution in [2.75, 3.05) is 18.1 Å². The van der Waals surface area contributed by atoms with Crippen LogP contribution in [0, 0.1) is 13.8 Å². The highest BCUT2D eigenvalue weighted by Gasteiger charge is 2.43. The second-order valence-corrected chi connectivity index (χ2v) is 10.1. The molecule has 2 amide bonds. The summed E-state index contributed by atoms with van der Waals surface area (Å²) in [6.45, 7) is 14.6. The predicted octanol–water partition coefficient (Wildman–Crippen LogP) is 5.90. The molecule has 0 N–H and O–H groups in total. The van der Waals surface area contributed by atoms with Gasteiger partial charge in [-0.25, -0.2) is 9.59 Å². The molecule has 2 aromatic rings. The molecule has 0 bridgehead atoms. The first-order chi connectivity index (χ1) is 15.4. The summed E-state index contributed by atoms with van der Waals surface area (Å²) in [5.74, 6) is 0.256. The van der Waals surface area contributed by atoms with E-state index in [9.17, 15) is 9.59 Å². The number of hydrogen-bond donors (Lipinski definition) is 0. The summed E-state index contributed by atoms with van der Waals surface area (Å²) in [6.07, 6.45) is 0. The molecule has 1 aliphatic rings. The number of benzene rings is 2. The number of carbonyl (C=O) groups is 2. The Kier molecular flexibility index (Phi) is 6.99. The lowest BCUT2D eigenvalue weighted by Gasteiger charge is -2.30. The molecular formula is C26H33ClN2O4. The number of rotatable bonds is 7. The van der Waals surface area contributed by atoms with E-state index in [1.54, 1.807) is 37.8 Å². The second kappa shape index (κ2) is 9.26. The fraction of sp³-hybridized carbons (Fsp3) is 0.462. The van der Waals surface area contributed by atoms with Crippen LogP contribution in [0.5, 0.6) is 5.75 Å². The van der Waals surface area contributed by atoms with Crippen LogP contribution < -0.4 is 9.64 Å². The molecule has 2 aromatic carbocycles. The number of urea groups is 1. The number of halogens is 1. The quantitative estimate of drug-likeness (QED) is 0.471. The Labute approximate surface area is 201 Å². The van der Waals surface area contributed by atoms with Crippen molar-refractivity contribution >= 4 is 29.3 Å². The van der Waals surface area contributed by atoms with Crippen LogP contribution in [0.4, 0.5) is 10.5 Å². The standard InChI is InChI=1S/C26H33ClN2O4/c1-8-32-23(30)26(6,7)33-22-17(2)13-19(14-18(22)3)15-29-24(31)28(16-25(29,4)5)21-11-9-20(27)10-12-21/h9-14H,8,15-16H2,1-7H3. The van der Waals surface area contributed by atoms with Crippen molar-refractivity contribution in [3.8, 4) is 5.75 Å². The Morgan fingerprint density at radius 1 is 1.12 bits per heavy atom. The van der Waals surface area contributed by atoms with E-state index in [1.807, 2.05) is 43.0 Å². The van der Waals surface area contributed by atoms with Crippen LogP contribution in [0.15, 0.2) is 36.4 Å². The zero-order chi connectivity index (χ0) is 24.6. The van der Waals surface area contributed by atoms with Crippen molar-refractivity contribution in [1.29, 1.82) is 0 Å². The van der Waals surface area contributed by atoms with Crippen molar-refractivity contribution in [3.63, 3.8) is 0 Å². The van der Waals surface area contributed by atoms with Crippen molar-refractivity contribution in [2.24, 2.45) is 0 Å². The van der Waals surface area contributed by atoms with Gasteiger partial charge in [-0.3, -0.25) is 4.90 Å². The molecule has 0 spiro atoms. The molecule has 7 heteroatoms. The van der Waals surface area contributed by atoms with Crippen LogP contribution in [0.2, 0.25) is 5.02 Å². The first kappa shape index (κ1) is 24.9. The summed E-state index contributed by atoms with van der Waals surface area (Å²) < 4.78 is 11.2. The van der Waals surface area contributed by atoms with Gasteiger partial charge in [0, 0.05) is 17.3 Å². The largest absolute Gasteiger partial charge is 0.476 e. The van der Waals surface area contributed by atoms with Gasteiger partial charge in [-0.1, -0.05) is 23.7 Å². The molecule has 0 unspecified atom stereocenters. The van der Waals surface area contributed by atoms with E-state index in [4.69, 9.17) is 21.1 Å². The minimum atomic E-state index is -1.10. The van der Waals surface area contributed by atoms with Gasteiger partial charge in [0.25, 0.3) is 0 Å². The molecule has 0 radical (unpaired) electrons. The molecule has 6 nitrogen and oxygen atoms in total. The van der Waals surface area contributed by atoms with Gasteiger partial charge in [0.05, 0.1) is 18.7 Å². The van der Waals surface area contributed by atoms with E-state index < -0.39 is 11.6 Å². The summed E-state index contributed by atoms with van der Waals surface area (Å²) >= 11 is 6.01. The van der Waals surface area contributed by atoms with Gasteiger partial charge in [-0.05, 0) is 89.4 Å². The molecule has 33 heavy (non-hydrogen) atoms. The molecule has 0 aromatic heterocycles. The predicted molar refractivity (Wildman–Crippen MR) is 131 cm³/mol. The maximum Gasteiger partial charge on any atom is 0.349 e. The zero-order valence-corrected chi connectivity index (χ0v) is 21.2. The average Bonchev–Trinajstić information content (AvgIpc) is 2.95. The van der Waals surface area contributed by atoms with Gasteiger partial charge < -0.3 is 14.4 Å². The molecule has 0 saturated carbocycles. The monoisotopic (exact) mass is 472 g/mol. The van der Waals surface area contributed by atoms with E-state index >= 15 is 0 Å². The van der Waals surface area contributed by atoms with Crippen LogP contribution in [0.25, 0.3) is 0 Å². The fourth-order valence-corrected chi connectivity index (χ4v) is 4.25. The Morgan fingerprint density at radius 3 is 2.24 bits per heavy atom. The van der Waals surface area contributed by atoms with Crippen LogP contribution in [-0.2, 0) is 16.1 Å². The molecule has 1 heterocycles. The Balaban J connectivity index is 1.82. The SMILES string of the molecule is CCOC(=O)C(C)(C)Oc1c(C)cc(CN2C(=O)N(c3ccc(Cl)cc3)CC2(C)C)cc1C. The second-order valence-electron chi connectivity index (χ2n) is 9.64. The Hall–Kier alpha value is -2.73. The zero-order valence-electron chi connectivity index (χ0n) is 20.5. The summed E-state index contributed by atoms with van der Waals surface area (Å²) in [6, 6.07) is 11.3. The highest BCUT2D eigenvalue weighted by molar-refractivity contribution is 6.30. The average molecular weight is 473 g/mol. The number of carbonyl (C=O) groups excluding carboxylic acids is 2. The van der Waals surface area contributed by atoms with Crippen LogP contribution in [0.3, 0.4) is 0 Å². The summed E-state index contributed by atoms with van der Waals surface area (Å²) in [5, 5.41) is 0.640. The molecule has 3 rings (SSSR count). The molecule has 178 valence electrons. The number of esters is 1. The van der Waals surface area contributed by atoms with Gasteiger partial charge >= 0.3 is 12.0 Å². The van der Waals surface area contributed by atoms with Crippen molar-refractivity contribution < 1.29 is 19.1 Å². The third kappa shape index (κ3) is 5.27. The Morgan fingerprint density at radius 2 is 1.70 bits per heavy atom. The molecule has 1 aliphatic heterocycles. The highest BCUT2D eigenvalue weighted by Crippen LogP contribution is 2.34. The molecule has 1 saturated heterocycles. The minimum absolute atomic E-state index is 0.0404. The maximum atomic E-state index is 13.3. The molecule has 1 fully saturated rings. The number of anilines is 1. The van der Waals surface area contributed by atoms with Gasteiger partial charge in [-0.15, -0.1) is 0 Å². The van der Waals surface area contributed by atoms with E-state index in [1.165, 1.54) is 0 Å². The van der Waals surface area contributed by atoms with Gasteiger partial charge in [0.2, 0.25) is 0 Å². The van der Waals surface area contributed by atoms with Crippen LogP contribution in [0.1, 0.15) is 51.3 Å². The van der Waals surface area contributed by atoms with Gasteiger partial charge in [-0.2, -0.15) is 0 Å². The lowest BCUT2D eigenvalue weighted by molar-refractivity contribution is -0.158. The van der Waals surface area contributed by atoms with Crippen molar-refractivity contribution in [3.05, 3.63) is 58.1 Å². The topological polar surface area (TPSA) is 59.1 Å². The molecular weight excluding hydrogens is 440 g/mol. The number of amides is 2. The van der Waals surface area contributed by atoms with Crippen molar-refractivity contribution in [1.82, 2.24) is 4.90 Å². The van der Waals surface area contributed by atoms with Gasteiger partial charge in [0.1, 0.15) is 5.75 Å². The number of ether oxygens (including phenoxy) is 2. The summed E-state index contributed by atoms with van der Waals surface area (Å²) in [4.78, 5) is 29.2. The summed E-state index contributed by atoms with van der Waals surface area (Å²) in [7, 11) is 0. The number of nitrogens with zero attached hydrogens (tertiary/aromatic N) is 2. The van der Waals surface area contributed by atoms with E-state index in [0.717, 1.165) is 22.4 Å². The first-order valence-electron chi connectivity index (χ1n) is 11.2. The van der Waals surface area contributed by atoms with Crippen LogP contribution in [-0.4, -0.2) is 41.2 Å². The van der Waals surface area contributed by atoms with E-state index in [2.05, 4.69) is 13.8 Å². The lowest BCUT2D eigenvalue weighted by atomic mass is 10.0. The van der Waals surface area contributed by atoms with E-state index in [0.29, 0.717) is 30.5 Å². The maximum absolute atomic E-state index is 13.3. The number of aryl methyl sites for hydroxylation is 2. The molecule has 0 atom stereocenters. The van der Waals surface area contributed by atoms with Crippen molar-refractivity contribution in [2.45, 2.75) is 66.2 Å². The smallest absolute Gasteiger partial charge is 0.349 e. The third-order valence-corrected chi connectivity index (χ3v) is 6.11. The van der Waals surface area contributed by atoms with E-state index in [-0.39, 0.29) is 11.6 Å². The fourth-order valence-electron chi connectivity index (χ4n) is 4.13. The lowest BCUT2D eigenvalue weighted by Crippen LogP contribution is -2.41. The van der Waals surface area contributed by atoms with Crippen LogP contribution >= 0.6 is 11.6 Å². The number of hydrogen-bond acceptors (Lipinski definition) is 4. The van der Waals surface area contributed by atoms with Gasteiger partial charge in [0.15, 0.2) is 5.60 Å². The highest BCUT2D eigenvalue weighted by atomic mass is 35.5. The molecule has 0 aliphatic carbocycles. The Bertz CT molecular complexity index is 1020. The first-order valence-corrected chi connectivity index (χ1v) is 11.5. The minimum Gasteiger partial charge on any atom is -0.476 e. The normalized spacial score (nSPS) is 15.7.